The predicted molar refractivity (Wildman–Crippen MR) is 99.3 cm³/mol. The minimum absolute atomic E-state index is 0.0284. The summed E-state index contributed by atoms with van der Waals surface area (Å²) < 4.78 is 9.79. The Morgan fingerprint density at radius 3 is 2.72 bits per heavy atom. The third-order valence-electron chi connectivity index (χ3n) is 4.33. The molecule has 1 atom stereocenters. The summed E-state index contributed by atoms with van der Waals surface area (Å²) in [6, 6.07) is 8.47. The predicted octanol–water partition coefficient (Wildman–Crippen LogP) is 0.967. The van der Waals surface area contributed by atoms with Gasteiger partial charge in [-0.3, -0.25) is 29.6 Å². The van der Waals surface area contributed by atoms with Gasteiger partial charge in [-0.1, -0.05) is 23.4 Å². The average Bonchev–Trinajstić information content (AvgIpc) is 3.25. The van der Waals surface area contributed by atoms with E-state index in [1.807, 2.05) is 0 Å². The topological polar surface area (TPSA) is 131 Å². The number of carbonyl (C=O) groups excluding carboxylic acids is 4. The Balaban J connectivity index is 1.49. The van der Waals surface area contributed by atoms with Crippen LogP contribution in [0.4, 0.5) is 5.82 Å². The first kappa shape index (κ1) is 20.1. The summed E-state index contributed by atoms with van der Waals surface area (Å²) in [7, 11) is 0. The van der Waals surface area contributed by atoms with Gasteiger partial charge in [0.25, 0.3) is 11.8 Å². The van der Waals surface area contributed by atoms with Gasteiger partial charge in [0.2, 0.25) is 5.91 Å². The highest BCUT2D eigenvalue weighted by atomic mass is 16.5. The molecule has 3 rings (SSSR count). The summed E-state index contributed by atoms with van der Waals surface area (Å²) in [5.74, 6) is -2.16. The first-order valence-corrected chi connectivity index (χ1v) is 8.90. The van der Waals surface area contributed by atoms with E-state index in [4.69, 9.17) is 9.26 Å². The van der Waals surface area contributed by atoms with Gasteiger partial charge in [0.05, 0.1) is 12.5 Å². The molecule has 2 aromatic rings. The highest BCUT2D eigenvalue weighted by Crippen LogP contribution is 2.18. The highest BCUT2D eigenvalue weighted by molar-refractivity contribution is 5.97. The first-order valence-electron chi connectivity index (χ1n) is 8.90. The van der Waals surface area contributed by atoms with E-state index in [0.29, 0.717) is 11.3 Å². The zero-order valence-electron chi connectivity index (χ0n) is 15.9. The van der Waals surface area contributed by atoms with Crippen LogP contribution in [0.2, 0.25) is 0 Å². The second-order valence-electron chi connectivity index (χ2n) is 6.64. The van der Waals surface area contributed by atoms with Gasteiger partial charge in [-0.15, -0.1) is 0 Å². The maximum atomic E-state index is 12.3. The summed E-state index contributed by atoms with van der Waals surface area (Å²) in [4.78, 5) is 48.5. The smallest absolute Gasteiger partial charge is 0.311 e. The number of hydrogen-bond donors (Lipinski definition) is 2. The van der Waals surface area contributed by atoms with Crippen LogP contribution in [-0.2, 0) is 19.1 Å². The fraction of sp³-hybridized carbons (Fsp3) is 0.316. The molecule has 1 fully saturated rings. The van der Waals surface area contributed by atoms with E-state index < -0.39 is 36.2 Å². The summed E-state index contributed by atoms with van der Waals surface area (Å²) >= 11 is 0. The quantitative estimate of drug-likeness (QED) is 0.691. The number of benzene rings is 1. The number of hydrazine groups is 1. The van der Waals surface area contributed by atoms with Crippen LogP contribution >= 0.6 is 0 Å². The molecule has 2 heterocycles. The van der Waals surface area contributed by atoms with Crippen LogP contribution in [0, 0.1) is 19.8 Å². The molecule has 29 heavy (non-hydrogen) atoms. The number of amides is 3. The van der Waals surface area contributed by atoms with Crippen molar-refractivity contribution >= 4 is 29.5 Å². The summed E-state index contributed by atoms with van der Waals surface area (Å²) in [5.41, 5.74) is 3.71. The highest BCUT2D eigenvalue weighted by Gasteiger charge is 2.36. The number of nitrogens with one attached hydrogen (secondary N) is 2. The molecular formula is C19H20N4O6. The lowest BCUT2D eigenvalue weighted by atomic mass is 10.1. The lowest BCUT2D eigenvalue weighted by molar-refractivity contribution is -0.151. The van der Waals surface area contributed by atoms with E-state index >= 15 is 0 Å². The minimum atomic E-state index is -0.776. The number of aromatic nitrogens is 1. The maximum absolute atomic E-state index is 12.3. The van der Waals surface area contributed by atoms with Crippen molar-refractivity contribution in [1.82, 2.24) is 15.6 Å². The molecule has 0 radical (unpaired) electrons. The van der Waals surface area contributed by atoms with Gasteiger partial charge in [0.1, 0.15) is 5.76 Å². The molecule has 0 aliphatic carbocycles. The van der Waals surface area contributed by atoms with Crippen LogP contribution in [0.15, 0.2) is 34.9 Å². The van der Waals surface area contributed by atoms with Crippen LogP contribution in [0.1, 0.15) is 28.1 Å². The zero-order chi connectivity index (χ0) is 21.0. The summed E-state index contributed by atoms with van der Waals surface area (Å²) in [5, 5.41) is 7.12. The van der Waals surface area contributed by atoms with E-state index in [0.717, 1.165) is 10.6 Å². The third kappa shape index (κ3) is 4.98. The van der Waals surface area contributed by atoms with Crippen molar-refractivity contribution in [2.45, 2.75) is 20.3 Å². The number of esters is 1. The van der Waals surface area contributed by atoms with Crippen molar-refractivity contribution in [2.24, 2.45) is 5.92 Å². The van der Waals surface area contributed by atoms with E-state index in [2.05, 4.69) is 15.9 Å². The van der Waals surface area contributed by atoms with Crippen molar-refractivity contribution in [2.75, 3.05) is 18.5 Å². The van der Waals surface area contributed by atoms with Crippen LogP contribution in [0.5, 0.6) is 0 Å². The van der Waals surface area contributed by atoms with Crippen molar-refractivity contribution in [3.8, 4) is 0 Å². The third-order valence-corrected chi connectivity index (χ3v) is 4.33. The molecule has 0 saturated carbocycles. The van der Waals surface area contributed by atoms with Crippen LogP contribution < -0.4 is 10.7 Å². The number of aryl methyl sites for hydroxylation is 2. The standard InChI is InChI=1S/C19H20N4O6/c1-11-5-3-4-6-14(11)18(26)21-23-9-13(8-17(23)25)19(27)28-10-16(24)20-15-7-12(2)29-22-15/h3-7,13H,8-10H2,1-2H3,(H,21,26)(H,20,22,24). The fourth-order valence-electron chi connectivity index (χ4n) is 2.84. The second-order valence-corrected chi connectivity index (χ2v) is 6.64. The van der Waals surface area contributed by atoms with Gasteiger partial charge >= 0.3 is 5.97 Å². The molecule has 2 N–H and O–H groups in total. The molecule has 1 aromatic carbocycles. The fourth-order valence-corrected chi connectivity index (χ4v) is 2.84. The molecule has 10 nitrogen and oxygen atoms in total. The Morgan fingerprint density at radius 1 is 1.28 bits per heavy atom. The van der Waals surface area contributed by atoms with E-state index in [-0.39, 0.29) is 18.8 Å². The largest absolute Gasteiger partial charge is 0.455 e. The van der Waals surface area contributed by atoms with Gasteiger partial charge < -0.3 is 14.6 Å². The number of hydrogen-bond acceptors (Lipinski definition) is 7. The SMILES string of the molecule is Cc1cc(NC(=O)COC(=O)C2CC(=O)N(NC(=O)c3ccccc3C)C2)no1. The Hall–Kier alpha value is -3.69. The molecule has 3 amide bonds. The Bertz CT molecular complexity index is 954. The van der Waals surface area contributed by atoms with Gasteiger partial charge in [-0.2, -0.15) is 0 Å². The lowest BCUT2D eigenvalue weighted by Crippen LogP contribution is -2.43. The Morgan fingerprint density at radius 2 is 2.03 bits per heavy atom. The molecule has 1 aliphatic heterocycles. The molecule has 1 saturated heterocycles. The first-order chi connectivity index (χ1) is 13.8. The molecule has 152 valence electrons. The second kappa shape index (κ2) is 8.55. The molecular weight excluding hydrogens is 380 g/mol. The van der Waals surface area contributed by atoms with Crippen molar-refractivity contribution in [3.05, 3.63) is 47.2 Å². The molecule has 1 aromatic heterocycles. The van der Waals surface area contributed by atoms with Crippen molar-refractivity contribution < 1.29 is 28.4 Å². The number of rotatable bonds is 6. The minimum Gasteiger partial charge on any atom is -0.455 e. The van der Waals surface area contributed by atoms with Gasteiger partial charge in [0, 0.05) is 18.1 Å². The van der Waals surface area contributed by atoms with Crippen LogP contribution in [0.3, 0.4) is 0 Å². The van der Waals surface area contributed by atoms with Crippen LogP contribution in [-0.4, -0.2) is 47.0 Å². The molecule has 1 aliphatic rings. The Labute approximate surface area is 166 Å². The van der Waals surface area contributed by atoms with Crippen molar-refractivity contribution in [1.29, 1.82) is 0 Å². The summed E-state index contributed by atoms with van der Waals surface area (Å²) in [6.45, 7) is 2.90. The van der Waals surface area contributed by atoms with E-state index in [1.165, 1.54) is 6.07 Å². The van der Waals surface area contributed by atoms with E-state index in [9.17, 15) is 19.2 Å². The number of nitrogens with zero attached hydrogens (tertiary/aromatic N) is 2. The van der Waals surface area contributed by atoms with Crippen molar-refractivity contribution in [3.63, 3.8) is 0 Å². The van der Waals surface area contributed by atoms with Gasteiger partial charge in [-0.25, -0.2) is 0 Å². The summed E-state index contributed by atoms with van der Waals surface area (Å²) in [6.07, 6.45) is -0.114. The lowest BCUT2D eigenvalue weighted by Gasteiger charge is -2.18. The Kier molecular flexibility index (Phi) is 5.91. The molecule has 1 unspecified atom stereocenters. The number of carbonyl (C=O) groups is 4. The molecule has 10 heteroatoms. The van der Waals surface area contributed by atoms with E-state index in [1.54, 1.807) is 38.1 Å². The zero-order valence-corrected chi connectivity index (χ0v) is 15.9. The number of anilines is 1. The normalized spacial score (nSPS) is 15.9. The van der Waals surface area contributed by atoms with Gasteiger partial charge in [-0.05, 0) is 25.5 Å². The van der Waals surface area contributed by atoms with Gasteiger partial charge in [0.15, 0.2) is 12.4 Å². The average molecular weight is 400 g/mol. The number of ether oxygens (including phenoxy) is 1. The maximum Gasteiger partial charge on any atom is 0.311 e. The molecule has 0 spiro atoms. The monoisotopic (exact) mass is 400 g/mol. The molecule has 0 bridgehead atoms. The van der Waals surface area contributed by atoms with Crippen LogP contribution in [0.25, 0.3) is 0 Å².